The summed E-state index contributed by atoms with van der Waals surface area (Å²) in [5.41, 5.74) is 3.33. The molecule has 57 heavy (non-hydrogen) atoms. The van der Waals surface area contributed by atoms with Crippen molar-refractivity contribution in [3.8, 4) is 23.0 Å². The van der Waals surface area contributed by atoms with Gasteiger partial charge in [0.1, 0.15) is 34.1 Å². The van der Waals surface area contributed by atoms with Crippen molar-refractivity contribution in [2.45, 2.75) is 39.0 Å². The number of carbonyl (C=O) groups excluding carboxylic acids is 2. The molecule has 1 aromatic heterocycles. The second-order valence-corrected chi connectivity index (χ2v) is 16.2. The Kier molecular flexibility index (Phi) is 12.8. The van der Waals surface area contributed by atoms with Gasteiger partial charge in [-0.05, 0) is 92.3 Å². The zero-order valence-corrected chi connectivity index (χ0v) is 34.3. The summed E-state index contributed by atoms with van der Waals surface area (Å²) in [6.07, 6.45) is 5.31. The Hall–Kier alpha value is -5.86. The number of likely N-dealkylation sites (tertiary alicyclic amines) is 1. The SMILES string of the molecule is COc1cc(Nc2cc(Oc3ccc(NC(=O)Nc4cc(C(C)(C)C)cc(NS(C)=O)c4OC)c4ccccc34)ccn2)ccc1C(=O)NCC1CCN(C)CC1. The molecular formula is C43H51N7O6S. The highest BCUT2D eigenvalue weighted by atomic mass is 32.2. The van der Waals surface area contributed by atoms with E-state index in [2.05, 4.69) is 63.7 Å². The van der Waals surface area contributed by atoms with Gasteiger partial charge in [0, 0.05) is 47.6 Å². The van der Waals surface area contributed by atoms with E-state index in [4.69, 9.17) is 14.2 Å². The number of hydrogen-bond acceptors (Lipinski definition) is 9. The summed E-state index contributed by atoms with van der Waals surface area (Å²) in [4.78, 5) is 33.4. The van der Waals surface area contributed by atoms with E-state index in [1.165, 1.54) is 13.4 Å². The van der Waals surface area contributed by atoms with Crippen LogP contribution in [0.2, 0.25) is 0 Å². The van der Waals surface area contributed by atoms with Crippen LogP contribution in [-0.2, 0) is 16.4 Å². The number of methoxy groups -OCH3 is 2. The summed E-state index contributed by atoms with van der Waals surface area (Å²) < 4.78 is 32.7. The van der Waals surface area contributed by atoms with Gasteiger partial charge >= 0.3 is 6.03 Å². The van der Waals surface area contributed by atoms with Crippen molar-refractivity contribution in [1.82, 2.24) is 15.2 Å². The number of rotatable bonds is 13. The normalized spacial score (nSPS) is 14.0. The Morgan fingerprint density at radius 2 is 1.58 bits per heavy atom. The average Bonchev–Trinajstić information content (AvgIpc) is 3.18. The van der Waals surface area contributed by atoms with Gasteiger partial charge in [0.2, 0.25) is 0 Å². The topological polar surface area (TPSA) is 155 Å². The number of piperidine rings is 1. The van der Waals surface area contributed by atoms with Gasteiger partial charge in [0.05, 0.1) is 36.8 Å². The number of hydrogen-bond donors (Lipinski definition) is 5. The van der Waals surface area contributed by atoms with Crippen molar-refractivity contribution in [1.29, 1.82) is 0 Å². The molecule has 1 saturated heterocycles. The van der Waals surface area contributed by atoms with E-state index in [0.717, 1.165) is 42.3 Å². The third-order valence-corrected chi connectivity index (χ3v) is 10.4. The molecule has 0 spiro atoms. The first-order valence-electron chi connectivity index (χ1n) is 18.8. The molecule has 6 rings (SSSR count). The second kappa shape index (κ2) is 17.9. The molecule has 1 aliphatic rings. The van der Waals surface area contributed by atoms with Crippen molar-refractivity contribution in [2.75, 3.05) is 67.8 Å². The number of amides is 3. The van der Waals surface area contributed by atoms with Crippen molar-refractivity contribution < 1.29 is 28.0 Å². The highest BCUT2D eigenvalue weighted by Gasteiger charge is 2.23. The smallest absolute Gasteiger partial charge is 0.323 e. The molecule has 13 nitrogen and oxygen atoms in total. The first kappa shape index (κ1) is 40.8. The fraction of sp³-hybridized carbons (Fsp3) is 0.326. The van der Waals surface area contributed by atoms with E-state index in [0.29, 0.717) is 69.6 Å². The van der Waals surface area contributed by atoms with Crippen LogP contribution < -0.4 is 40.2 Å². The monoisotopic (exact) mass is 793 g/mol. The Balaban J connectivity index is 1.15. The zero-order valence-electron chi connectivity index (χ0n) is 33.4. The molecule has 5 N–H and O–H groups in total. The molecule has 14 heteroatoms. The van der Waals surface area contributed by atoms with Crippen LogP contribution in [0.25, 0.3) is 10.8 Å². The molecule has 2 heterocycles. The fourth-order valence-electron chi connectivity index (χ4n) is 6.72. The summed E-state index contributed by atoms with van der Waals surface area (Å²) >= 11 is 0. The number of urea groups is 1. The standard InChI is InChI=1S/C43H51N7O6S/c1-43(2,3)28-22-35(40(55-6)36(23-28)49-57(7)53)48-42(52)47-34-14-15-37(32-11-9-8-10-31(32)34)56-30-16-19-44-39(25-30)46-29-12-13-33(38(24-29)54-5)41(51)45-26-27-17-20-50(4)21-18-27/h8-16,19,22-25,27,49H,17-18,20-21,26H2,1-7H3,(H,44,46)(H,45,51)(H2,47,48,52). The van der Waals surface area contributed by atoms with Gasteiger partial charge in [0.15, 0.2) is 5.75 Å². The molecule has 0 radical (unpaired) electrons. The lowest BCUT2D eigenvalue weighted by Crippen LogP contribution is -2.36. The first-order valence-corrected chi connectivity index (χ1v) is 20.3. The van der Waals surface area contributed by atoms with Crippen LogP contribution >= 0.6 is 0 Å². The Morgan fingerprint density at radius 1 is 0.860 bits per heavy atom. The van der Waals surface area contributed by atoms with Gasteiger partial charge in [-0.25, -0.2) is 14.0 Å². The minimum atomic E-state index is -1.36. The van der Waals surface area contributed by atoms with Gasteiger partial charge in [-0.15, -0.1) is 0 Å². The van der Waals surface area contributed by atoms with Gasteiger partial charge in [0.25, 0.3) is 5.91 Å². The second-order valence-electron chi connectivity index (χ2n) is 15.1. The van der Waals surface area contributed by atoms with Crippen LogP contribution in [0.1, 0.15) is 49.5 Å². The Bertz CT molecular complexity index is 2270. The number of benzene rings is 4. The third-order valence-electron chi connectivity index (χ3n) is 9.86. The van der Waals surface area contributed by atoms with E-state index < -0.39 is 17.0 Å². The van der Waals surface area contributed by atoms with E-state index in [1.807, 2.05) is 42.5 Å². The van der Waals surface area contributed by atoms with Gasteiger partial charge in [-0.2, -0.15) is 0 Å². The quantitative estimate of drug-likeness (QED) is 0.0789. The minimum Gasteiger partial charge on any atom is -0.496 e. The summed E-state index contributed by atoms with van der Waals surface area (Å²) in [7, 11) is 3.81. The number of pyridine rings is 1. The van der Waals surface area contributed by atoms with Crippen LogP contribution in [0.3, 0.4) is 0 Å². The highest BCUT2D eigenvalue weighted by Crippen LogP contribution is 2.40. The van der Waals surface area contributed by atoms with Crippen molar-refractivity contribution >= 4 is 62.3 Å². The zero-order chi connectivity index (χ0) is 40.7. The van der Waals surface area contributed by atoms with E-state index in [1.54, 1.807) is 49.7 Å². The number of ether oxygens (including phenoxy) is 3. The van der Waals surface area contributed by atoms with E-state index in [-0.39, 0.29) is 11.3 Å². The summed E-state index contributed by atoms with van der Waals surface area (Å²) in [5, 5.41) is 13.8. The average molecular weight is 794 g/mol. The Labute approximate surface area is 336 Å². The van der Waals surface area contributed by atoms with Gasteiger partial charge < -0.3 is 45.1 Å². The van der Waals surface area contributed by atoms with Crippen LogP contribution in [0.15, 0.2) is 85.1 Å². The van der Waals surface area contributed by atoms with Crippen molar-refractivity contribution in [3.05, 3.63) is 96.2 Å². The fourth-order valence-corrected chi connectivity index (χ4v) is 7.18. The van der Waals surface area contributed by atoms with Crippen molar-refractivity contribution in [2.24, 2.45) is 5.92 Å². The van der Waals surface area contributed by atoms with E-state index >= 15 is 0 Å². The molecule has 1 unspecified atom stereocenters. The maximum Gasteiger partial charge on any atom is 0.323 e. The van der Waals surface area contributed by atoms with Crippen LogP contribution in [0, 0.1) is 5.92 Å². The minimum absolute atomic E-state index is 0.163. The van der Waals surface area contributed by atoms with Crippen LogP contribution in [-0.4, -0.2) is 73.2 Å². The lowest BCUT2D eigenvalue weighted by molar-refractivity contribution is 0.0936. The first-order chi connectivity index (χ1) is 27.3. The lowest BCUT2D eigenvalue weighted by atomic mass is 9.86. The molecule has 300 valence electrons. The third kappa shape index (κ3) is 10.3. The van der Waals surface area contributed by atoms with Crippen LogP contribution in [0.5, 0.6) is 23.0 Å². The van der Waals surface area contributed by atoms with Gasteiger partial charge in [-0.1, -0.05) is 45.0 Å². The Morgan fingerprint density at radius 3 is 2.28 bits per heavy atom. The molecule has 1 fully saturated rings. The lowest BCUT2D eigenvalue weighted by Gasteiger charge is -2.29. The van der Waals surface area contributed by atoms with Crippen molar-refractivity contribution in [3.63, 3.8) is 0 Å². The number of nitrogens with one attached hydrogen (secondary N) is 5. The summed E-state index contributed by atoms with van der Waals surface area (Å²) in [5.74, 6) is 2.77. The predicted molar refractivity (Wildman–Crippen MR) is 229 cm³/mol. The largest absolute Gasteiger partial charge is 0.496 e. The molecule has 5 aromatic rings. The summed E-state index contributed by atoms with van der Waals surface area (Å²) in [6.45, 7) is 8.90. The van der Waals surface area contributed by atoms with Crippen LogP contribution in [0.4, 0.5) is 33.4 Å². The summed E-state index contributed by atoms with van der Waals surface area (Å²) in [6, 6.07) is 23.3. The molecule has 0 bridgehead atoms. The highest BCUT2D eigenvalue weighted by molar-refractivity contribution is 7.85. The maximum atomic E-state index is 13.5. The molecule has 3 amide bonds. The maximum absolute atomic E-state index is 13.5. The number of carbonyl (C=O) groups is 2. The molecule has 0 aliphatic carbocycles. The molecule has 1 atom stereocenters. The number of nitrogens with zero attached hydrogens (tertiary/aromatic N) is 2. The van der Waals surface area contributed by atoms with Gasteiger partial charge in [-0.3, -0.25) is 4.79 Å². The molecule has 4 aromatic carbocycles. The number of aromatic nitrogens is 1. The molecular weight excluding hydrogens is 743 g/mol. The van der Waals surface area contributed by atoms with E-state index in [9.17, 15) is 13.8 Å². The number of fused-ring (bicyclic) bond motifs is 1. The number of anilines is 5. The molecule has 0 saturated carbocycles. The predicted octanol–water partition coefficient (Wildman–Crippen LogP) is 8.51. The molecule has 1 aliphatic heterocycles.